The maximum absolute atomic E-state index is 13.6. The standard InChI is InChI=1S/C39H33ClN4O6S2/c1-23-32(39(49)50-3)38(52-33(23)37(48)41-27-16-8-5-9-17-27)44-34(45)24(2)51-29-19-12-18-28(22-29)42-36(47)31(21-26-15-10-11-20-30(26)40)43-35(46)25-13-6-4-7-14-25/h4-22,24H,1-3H3,(H,41,48)(H,42,47)(H,43,46)(H,44,45)/b31-21+. The summed E-state index contributed by atoms with van der Waals surface area (Å²) in [6.07, 6.45) is 1.50. The lowest BCUT2D eigenvalue weighted by Crippen LogP contribution is -2.30. The number of nitrogens with one attached hydrogen (secondary N) is 4. The van der Waals surface area contributed by atoms with Gasteiger partial charge in [-0.15, -0.1) is 23.1 Å². The van der Waals surface area contributed by atoms with Crippen LogP contribution in [0.1, 0.15) is 48.4 Å². The van der Waals surface area contributed by atoms with Crippen LogP contribution in [0, 0.1) is 6.92 Å². The van der Waals surface area contributed by atoms with Crippen molar-refractivity contribution in [1.29, 1.82) is 0 Å². The lowest BCUT2D eigenvalue weighted by atomic mass is 10.1. The van der Waals surface area contributed by atoms with E-state index in [0.717, 1.165) is 11.3 Å². The molecule has 1 atom stereocenters. The van der Waals surface area contributed by atoms with E-state index in [1.807, 2.05) is 6.07 Å². The number of methoxy groups -OCH3 is 1. The molecule has 4 aromatic carbocycles. The fourth-order valence-corrected chi connectivity index (χ4v) is 7.09. The minimum absolute atomic E-state index is 0.0303. The molecule has 0 aliphatic heterocycles. The van der Waals surface area contributed by atoms with Crippen molar-refractivity contribution in [3.8, 4) is 0 Å². The van der Waals surface area contributed by atoms with E-state index >= 15 is 0 Å². The van der Waals surface area contributed by atoms with E-state index in [4.69, 9.17) is 16.3 Å². The van der Waals surface area contributed by atoms with E-state index < -0.39 is 34.8 Å². The summed E-state index contributed by atoms with van der Waals surface area (Å²) < 4.78 is 4.96. The number of rotatable bonds is 12. The number of thioether (sulfide) groups is 1. The van der Waals surface area contributed by atoms with Gasteiger partial charge in [-0.05, 0) is 79.6 Å². The van der Waals surface area contributed by atoms with Crippen LogP contribution in [0.5, 0.6) is 0 Å². The Hall–Kier alpha value is -5.69. The van der Waals surface area contributed by atoms with Gasteiger partial charge in [-0.3, -0.25) is 19.2 Å². The predicted molar refractivity (Wildman–Crippen MR) is 207 cm³/mol. The Morgan fingerprint density at radius 2 is 1.44 bits per heavy atom. The lowest BCUT2D eigenvalue weighted by Gasteiger charge is -2.14. The van der Waals surface area contributed by atoms with Crippen LogP contribution in [0.4, 0.5) is 16.4 Å². The fraction of sp³-hybridized carbons (Fsp3) is 0.103. The monoisotopic (exact) mass is 752 g/mol. The van der Waals surface area contributed by atoms with E-state index in [0.29, 0.717) is 38.0 Å². The molecule has 1 heterocycles. The summed E-state index contributed by atoms with van der Waals surface area (Å²) in [5.74, 6) is -2.60. The molecule has 0 spiro atoms. The van der Waals surface area contributed by atoms with Gasteiger partial charge in [0.1, 0.15) is 10.7 Å². The summed E-state index contributed by atoms with van der Waals surface area (Å²) in [7, 11) is 1.23. The van der Waals surface area contributed by atoms with Crippen LogP contribution < -0.4 is 21.3 Å². The lowest BCUT2D eigenvalue weighted by molar-refractivity contribution is -0.115. The molecular formula is C39H33ClN4O6S2. The molecule has 0 bridgehead atoms. The highest BCUT2D eigenvalue weighted by molar-refractivity contribution is 8.00. The summed E-state index contributed by atoms with van der Waals surface area (Å²) in [5, 5.41) is 11.0. The number of thiophene rings is 1. The average Bonchev–Trinajstić information content (AvgIpc) is 3.47. The summed E-state index contributed by atoms with van der Waals surface area (Å²) in [6, 6.07) is 31.2. The van der Waals surface area contributed by atoms with Crippen molar-refractivity contribution in [3.05, 3.63) is 147 Å². The Morgan fingerprint density at radius 1 is 0.788 bits per heavy atom. The Kier molecular flexibility index (Phi) is 12.6. The van der Waals surface area contributed by atoms with Gasteiger partial charge in [0, 0.05) is 26.9 Å². The third kappa shape index (κ3) is 9.55. The molecular weight excluding hydrogens is 720 g/mol. The van der Waals surface area contributed by atoms with Crippen molar-refractivity contribution in [2.45, 2.75) is 24.0 Å². The SMILES string of the molecule is COC(=O)c1c(NC(=O)C(C)Sc2cccc(NC(=O)/C(=C\c3ccccc3Cl)NC(=O)c3ccccc3)c2)sc(C(=O)Nc2ccccc2)c1C. The van der Waals surface area contributed by atoms with Gasteiger partial charge in [0.25, 0.3) is 17.7 Å². The molecule has 0 aliphatic rings. The zero-order valence-corrected chi connectivity index (χ0v) is 30.6. The minimum atomic E-state index is -0.686. The number of carbonyl (C=O) groups excluding carboxylic acids is 5. The fourth-order valence-electron chi connectivity index (χ4n) is 4.88. The first-order valence-electron chi connectivity index (χ1n) is 15.8. The zero-order valence-electron chi connectivity index (χ0n) is 28.2. The average molecular weight is 753 g/mol. The van der Waals surface area contributed by atoms with Gasteiger partial charge < -0.3 is 26.0 Å². The van der Waals surface area contributed by atoms with E-state index in [-0.39, 0.29) is 21.1 Å². The smallest absolute Gasteiger partial charge is 0.341 e. The maximum atomic E-state index is 13.6. The Balaban J connectivity index is 1.30. The number of benzene rings is 4. The molecule has 5 aromatic rings. The van der Waals surface area contributed by atoms with E-state index in [9.17, 15) is 24.0 Å². The largest absolute Gasteiger partial charge is 0.465 e. The molecule has 0 aliphatic carbocycles. The summed E-state index contributed by atoms with van der Waals surface area (Å²) in [5.41, 5.74) is 2.35. The summed E-state index contributed by atoms with van der Waals surface area (Å²) in [6.45, 7) is 3.31. The van der Waals surface area contributed by atoms with Crippen molar-refractivity contribution in [2.24, 2.45) is 0 Å². The van der Waals surface area contributed by atoms with Gasteiger partial charge >= 0.3 is 5.97 Å². The van der Waals surface area contributed by atoms with Crippen LogP contribution in [-0.2, 0) is 14.3 Å². The van der Waals surface area contributed by atoms with E-state index in [1.165, 1.54) is 24.9 Å². The topological polar surface area (TPSA) is 143 Å². The summed E-state index contributed by atoms with van der Waals surface area (Å²) in [4.78, 5) is 66.8. The number of esters is 1. The molecule has 1 aromatic heterocycles. The van der Waals surface area contributed by atoms with E-state index in [2.05, 4.69) is 21.3 Å². The van der Waals surface area contributed by atoms with Crippen molar-refractivity contribution >= 4 is 86.7 Å². The van der Waals surface area contributed by atoms with Crippen molar-refractivity contribution in [3.63, 3.8) is 0 Å². The molecule has 5 rings (SSSR count). The molecule has 4 amide bonds. The first-order chi connectivity index (χ1) is 25.0. The minimum Gasteiger partial charge on any atom is -0.465 e. The zero-order chi connectivity index (χ0) is 37.2. The molecule has 0 radical (unpaired) electrons. The van der Waals surface area contributed by atoms with Gasteiger partial charge in [0.05, 0.1) is 22.8 Å². The highest BCUT2D eigenvalue weighted by Gasteiger charge is 2.28. The molecule has 0 saturated heterocycles. The number of hydrogen-bond acceptors (Lipinski definition) is 8. The molecule has 1 unspecified atom stereocenters. The first kappa shape index (κ1) is 37.6. The highest BCUT2D eigenvalue weighted by Crippen LogP contribution is 2.35. The number of ether oxygens (including phenoxy) is 1. The Morgan fingerprint density at radius 3 is 2.13 bits per heavy atom. The highest BCUT2D eigenvalue weighted by atomic mass is 35.5. The van der Waals surface area contributed by atoms with Gasteiger partial charge in [-0.1, -0.05) is 72.3 Å². The predicted octanol–water partition coefficient (Wildman–Crippen LogP) is 8.28. The van der Waals surface area contributed by atoms with Crippen molar-refractivity contribution in [1.82, 2.24) is 5.32 Å². The molecule has 13 heteroatoms. The van der Waals surface area contributed by atoms with Gasteiger partial charge in [-0.25, -0.2) is 4.79 Å². The molecule has 0 fully saturated rings. The third-order valence-corrected chi connectivity index (χ3v) is 10.2. The van der Waals surface area contributed by atoms with Gasteiger partial charge in [0.2, 0.25) is 5.91 Å². The number of carbonyl (C=O) groups is 5. The van der Waals surface area contributed by atoms with Gasteiger partial charge in [-0.2, -0.15) is 0 Å². The van der Waals surface area contributed by atoms with Crippen molar-refractivity contribution in [2.75, 3.05) is 23.1 Å². The molecule has 52 heavy (non-hydrogen) atoms. The quantitative estimate of drug-likeness (QED) is 0.0571. The van der Waals surface area contributed by atoms with Gasteiger partial charge in [0.15, 0.2) is 0 Å². The maximum Gasteiger partial charge on any atom is 0.341 e. The van der Waals surface area contributed by atoms with Crippen molar-refractivity contribution < 1.29 is 28.7 Å². The first-order valence-corrected chi connectivity index (χ1v) is 17.9. The van der Waals surface area contributed by atoms with Crippen LogP contribution in [0.15, 0.2) is 120 Å². The van der Waals surface area contributed by atoms with Crippen LogP contribution in [0.2, 0.25) is 5.02 Å². The Bertz CT molecular complexity index is 2150. The van der Waals surface area contributed by atoms with Crippen LogP contribution in [0.25, 0.3) is 6.08 Å². The van der Waals surface area contributed by atoms with Crippen LogP contribution in [0.3, 0.4) is 0 Å². The number of amides is 4. The molecule has 4 N–H and O–H groups in total. The summed E-state index contributed by atoms with van der Waals surface area (Å²) >= 11 is 8.55. The second-order valence-electron chi connectivity index (χ2n) is 11.2. The number of hydrogen-bond donors (Lipinski definition) is 4. The normalized spacial score (nSPS) is 11.6. The molecule has 0 saturated carbocycles. The molecule has 10 nitrogen and oxygen atoms in total. The van der Waals surface area contributed by atoms with E-state index in [1.54, 1.807) is 117 Å². The molecule has 264 valence electrons. The second kappa shape index (κ2) is 17.5. The van der Waals surface area contributed by atoms with Crippen LogP contribution in [-0.4, -0.2) is 42.0 Å². The third-order valence-electron chi connectivity index (χ3n) is 7.52. The Labute approximate surface area is 313 Å². The second-order valence-corrected chi connectivity index (χ2v) is 14.0. The number of para-hydroxylation sites is 1. The van der Waals surface area contributed by atoms with Crippen LogP contribution >= 0.6 is 34.7 Å². The number of anilines is 3. The number of halogens is 1.